The van der Waals surface area contributed by atoms with Crippen molar-refractivity contribution in [1.29, 1.82) is 0 Å². The molecule has 0 N–H and O–H groups in total. The minimum Gasteiger partial charge on any atom is -0.377 e. The van der Waals surface area contributed by atoms with E-state index in [2.05, 4.69) is 36.4 Å². The van der Waals surface area contributed by atoms with E-state index in [-0.39, 0.29) is 6.10 Å². The van der Waals surface area contributed by atoms with E-state index in [1.165, 1.54) is 0 Å². The van der Waals surface area contributed by atoms with Gasteiger partial charge < -0.3 is 33.2 Å². The van der Waals surface area contributed by atoms with Gasteiger partial charge in [0.1, 0.15) is 5.60 Å². The molecule has 0 bridgehead atoms. The summed E-state index contributed by atoms with van der Waals surface area (Å²) in [6.45, 7) is 10.3. The van der Waals surface area contributed by atoms with Gasteiger partial charge in [-0.3, -0.25) is 0 Å². The first-order valence-corrected chi connectivity index (χ1v) is 14.5. The summed E-state index contributed by atoms with van der Waals surface area (Å²) in [4.78, 5) is 0. The molecule has 0 aromatic heterocycles. The van der Waals surface area contributed by atoms with Crippen molar-refractivity contribution in [2.75, 3.05) is 79.3 Å². The Bertz CT molecular complexity index is 918. The molecule has 0 radical (unpaired) electrons. The average Bonchev–Trinajstić information content (AvgIpc) is 3.01. The first kappa shape index (κ1) is 32.9. The first-order chi connectivity index (χ1) is 20.2. The van der Waals surface area contributed by atoms with Crippen molar-refractivity contribution in [2.45, 2.75) is 25.6 Å². The highest BCUT2D eigenvalue weighted by Gasteiger charge is 2.37. The Kier molecular flexibility index (Phi) is 16.3. The summed E-state index contributed by atoms with van der Waals surface area (Å²) in [6.07, 6.45) is 0.231. The van der Waals surface area contributed by atoms with Crippen molar-refractivity contribution in [2.24, 2.45) is 0 Å². The Morgan fingerprint density at radius 3 is 1.02 bits per heavy atom. The minimum atomic E-state index is -0.736. The van der Waals surface area contributed by atoms with E-state index < -0.39 is 5.60 Å². The van der Waals surface area contributed by atoms with E-state index in [0.717, 1.165) is 16.7 Å². The van der Waals surface area contributed by atoms with Crippen molar-refractivity contribution in [1.82, 2.24) is 0 Å². The lowest BCUT2D eigenvalue weighted by molar-refractivity contribution is -0.0398. The second-order valence-electron chi connectivity index (χ2n) is 9.61. The highest BCUT2D eigenvalue weighted by molar-refractivity contribution is 5.47. The van der Waals surface area contributed by atoms with Gasteiger partial charge in [0.05, 0.1) is 85.4 Å². The third-order valence-electron chi connectivity index (χ3n) is 6.25. The zero-order valence-corrected chi connectivity index (χ0v) is 24.6. The SMILES string of the molecule is CC(C)OCCOCCOCCOCCOCCOCCOC(c1ccccc1)(c1ccccc1)c1ccccc1. The van der Waals surface area contributed by atoms with E-state index in [0.29, 0.717) is 79.3 Å². The summed E-state index contributed by atoms with van der Waals surface area (Å²) in [6, 6.07) is 31.0. The lowest BCUT2D eigenvalue weighted by atomic mass is 9.80. The molecule has 0 aliphatic carbocycles. The highest BCUT2D eigenvalue weighted by atomic mass is 16.6. The summed E-state index contributed by atoms with van der Waals surface area (Å²) < 4.78 is 40.0. The highest BCUT2D eigenvalue weighted by Crippen LogP contribution is 2.40. The van der Waals surface area contributed by atoms with Gasteiger partial charge in [0.25, 0.3) is 0 Å². The molecule has 7 heteroatoms. The minimum absolute atomic E-state index is 0.231. The molecule has 0 heterocycles. The number of rotatable bonds is 23. The van der Waals surface area contributed by atoms with Crippen LogP contribution in [0.5, 0.6) is 0 Å². The fraction of sp³-hybridized carbons (Fsp3) is 0.471. The summed E-state index contributed by atoms with van der Waals surface area (Å²) in [5.74, 6) is 0. The van der Waals surface area contributed by atoms with Crippen LogP contribution in [-0.2, 0) is 38.8 Å². The van der Waals surface area contributed by atoms with E-state index in [9.17, 15) is 0 Å². The van der Waals surface area contributed by atoms with Crippen molar-refractivity contribution in [3.8, 4) is 0 Å². The Morgan fingerprint density at radius 1 is 0.415 bits per heavy atom. The van der Waals surface area contributed by atoms with Crippen LogP contribution in [0.3, 0.4) is 0 Å². The third kappa shape index (κ3) is 12.0. The van der Waals surface area contributed by atoms with Gasteiger partial charge in [-0.1, -0.05) is 91.0 Å². The topological polar surface area (TPSA) is 64.6 Å². The number of hydrogen-bond donors (Lipinski definition) is 0. The van der Waals surface area contributed by atoms with Crippen molar-refractivity contribution >= 4 is 0 Å². The molecule has 224 valence electrons. The summed E-state index contributed by atoms with van der Waals surface area (Å²) >= 11 is 0. The van der Waals surface area contributed by atoms with Gasteiger partial charge in [-0.2, -0.15) is 0 Å². The maximum atomic E-state index is 6.71. The molecule has 0 fully saturated rings. The van der Waals surface area contributed by atoms with Gasteiger partial charge in [0.15, 0.2) is 0 Å². The molecule has 0 saturated carbocycles. The van der Waals surface area contributed by atoms with Crippen LogP contribution in [0.2, 0.25) is 0 Å². The van der Waals surface area contributed by atoms with Crippen LogP contribution >= 0.6 is 0 Å². The second kappa shape index (κ2) is 20.3. The lowest BCUT2D eigenvalue weighted by Crippen LogP contribution is -2.34. The van der Waals surface area contributed by atoms with Crippen molar-refractivity contribution < 1.29 is 33.2 Å². The van der Waals surface area contributed by atoms with Gasteiger partial charge in [-0.05, 0) is 30.5 Å². The second-order valence-corrected chi connectivity index (χ2v) is 9.61. The van der Waals surface area contributed by atoms with Crippen LogP contribution in [0, 0.1) is 0 Å². The van der Waals surface area contributed by atoms with Crippen molar-refractivity contribution in [3.63, 3.8) is 0 Å². The van der Waals surface area contributed by atoms with Crippen molar-refractivity contribution in [3.05, 3.63) is 108 Å². The molecular formula is C34H46O7. The van der Waals surface area contributed by atoms with Gasteiger partial charge >= 0.3 is 0 Å². The molecular weight excluding hydrogens is 520 g/mol. The molecule has 0 spiro atoms. The van der Waals surface area contributed by atoms with E-state index in [1.54, 1.807) is 0 Å². The molecule has 0 aliphatic rings. The summed E-state index contributed by atoms with van der Waals surface area (Å²) in [5, 5.41) is 0. The fourth-order valence-electron chi connectivity index (χ4n) is 4.35. The third-order valence-corrected chi connectivity index (χ3v) is 6.25. The van der Waals surface area contributed by atoms with Gasteiger partial charge in [0.2, 0.25) is 0 Å². The Morgan fingerprint density at radius 2 is 0.707 bits per heavy atom. The molecule has 0 saturated heterocycles. The van der Waals surface area contributed by atoms with Crippen LogP contribution in [-0.4, -0.2) is 85.4 Å². The molecule has 0 unspecified atom stereocenters. The standard InChI is InChI=1S/C34H46O7/c1-30(2)40-28-26-38-24-22-36-20-18-35-19-21-37-23-25-39-27-29-41-34(31-12-6-3-7-13-31,32-14-8-4-9-15-32)33-16-10-5-11-17-33/h3-17,30H,18-29H2,1-2H3. The maximum absolute atomic E-state index is 6.71. The monoisotopic (exact) mass is 566 g/mol. The predicted molar refractivity (Wildman–Crippen MR) is 160 cm³/mol. The molecule has 0 amide bonds. The molecule has 3 rings (SSSR count). The maximum Gasteiger partial charge on any atom is 0.143 e. The Hall–Kier alpha value is -2.62. The average molecular weight is 567 g/mol. The Labute approximate surface area is 245 Å². The molecule has 0 atom stereocenters. The summed E-state index contributed by atoms with van der Waals surface area (Å²) in [7, 11) is 0. The first-order valence-electron chi connectivity index (χ1n) is 14.5. The fourth-order valence-corrected chi connectivity index (χ4v) is 4.35. The van der Waals surface area contributed by atoms with Crippen LogP contribution in [0.15, 0.2) is 91.0 Å². The van der Waals surface area contributed by atoms with Crippen LogP contribution in [0.1, 0.15) is 30.5 Å². The zero-order chi connectivity index (χ0) is 28.9. The largest absolute Gasteiger partial charge is 0.377 e. The van der Waals surface area contributed by atoms with E-state index in [4.69, 9.17) is 33.2 Å². The van der Waals surface area contributed by atoms with Crippen LogP contribution < -0.4 is 0 Å². The van der Waals surface area contributed by atoms with Gasteiger partial charge in [0, 0.05) is 0 Å². The molecule has 3 aromatic rings. The predicted octanol–water partition coefficient (Wildman–Crippen LogP) is 5.50. The van der Waals surface area contributed by atoms with E-state index >= 15 is 0 Å². The van der Waals surface area contributed by atoms with Gasteiger partial charge in [-0.15, -0.1) is 0 Å². The lowest BCUT2D eigenvalue weighted by Gasteiger charge is -2.36. The normalized spacial score (nSPS) is 11.8. The molecule has 7 nitrogen and oxygen atoms in total. The summed E-state index contributed by atoms with van der Waals surface area (Å²) in [5.41, 5.74) is 2.49. The number of benzene rings is 3. The van der Waals surface area contributed by atoms with Gasteiger partial charge in [-0.25, -0.2) is 0 Å². The Balaban J connectivity index is 1.29. The molecule has 0 aliphatic heterocycles. The van der Waals surface area contributed by atoms with E-state index in [1.807, 2.05) is 68.4 Å². The molecule has 3 aromatic carbocycles. The number of hydrogen-bond acceptors (Lipinski definition) is 7. The van der Waals surface area contributed by atoms with Crippen LogP contribution in [0.4, 0.5) is 0 Å². The zero-order valence-electron chi connectivity index (χ0n) is 24.6. The molecule has 41 heavy (non-hydrogen) atoms. The quantitative estimate of drug-likeness (QED) is 0.111. The smallest absolute Gasteiger partial charge is 0.143 e. The number of ether oxygens (including phenoxy) is 7. The van der Waals surface area contributed by atoms with Crippen LogP contribution in [0.25, 0.3) is 0 Å².